The molecule has 0 aromatic heterocycles. The minimum atomic E-state index is -1.17. The summed E-state index contributed by atoms with van der Waals surface area (Å²) in [6.07, 6.45) is 6.05. The van der Waals surface area contributed by atoms with Crippen LogP contribution in [-0.4, -0.2) is 70.3 Å². The highest BCUT2D eigenvalue weighted by atomic mass is 16.5. The number of benzene rings is 2. The Kier molecular flexibility index (Phi) is 4.68. The van der Waals surface area contributed by atoms with Gasteiger partial charge in [0.25, 0.3) is 0 Å². The van der Waals surface area contributed by atoms with Crippen molar-refractivity contribution in [1.82, 2.24) is 9.80 Å². The lowest BCUT2D eigenvalue weighted by molar-refractivity contribution is -0.213. The highest BCUT2D eigenvalue weighted by molar-refractivity contribution is 5.92. The van der Waals surface area contributed by atoms with Gasteiger partial charge in [-0.15, -0.1) is 0 Å². The molecule has 0 unspecified atom stereocenters. The lowest BCUT2D eigenvalue weighted by Gasteiger charge is -2.66. The van der Waals surface area contributed by atoms with Crippen molar-refractivity contribution in [1.29, 1.82) is 0 Å². The normalized spacial score (nSPS) is 33.5. The van der Waals surface area contributed by atoms with Gasteiger partial charge in [0.15, 0.2) is 11.5 Å². The van der Waals surface area contributed by atoms with Gasteiger partial charge in [0.2, 0.25) is 5.91 Å². The molecule has 1 spiro atoms. The summed E-state index contributed by atoms with van der Waals surface area (Å²) in [5.74, 6) is 0.568. The number of hydrogen-bond acceptors (Lipinski definition) is 5. The number of carbonyl (C=O) groups is 1. The molecule has 2 N–H and O–H groups in total. The van der Waals surface area contributed by atoms with E-state index in [9.17, 15) is 15.0 Å². The summed E-state index contributed by atoms with van der Waals surface area (Å²) < 4.78 is 6.37. The Morgan fingerprint density at radius 2 is 2.09 bits per heavy atom. The largest absolute Gasteiger partial charge is 0.504 e. The Morgan fingerprint density at radius 1 is 1.26 bits per heavy atom. The number of carbonyl (C=O) groups excluding carboxylic acids is 1. The minimum absolute atomic E-state index is 0.114. The van der Waals surface area contributed by atoms with E-state index in [0.717, 1.165) is 41.6 Å². The van der Waals surface area contributed by atoms with Gasteiger partial charge in [-0.2, -0.15) is 0 Å². The number of aryl methyl sites for hydroxylation is 1. The predicted molar refractivity (Wildman–Crippen MR) is 130 cm³/mol. The van der Waals surface area contributed by atoms with Crippen molar-refractivity contribution >= 4 is 12.0 Å². The van der Waals surface area contributed by atoms with Crippen LogP contribution in [0.2, 0.25) is 0 Å². The highest BCUT2D eigenvalue weighted by Gasteiger charge is 2.74. The molecule has 2 aromatic rings. The molecule has 1 saturated carbocycles. The first kappa shape index (κ1) is 21.7. The topological polar surface area (TPSA) is 73.2 Å². The molecule has 6 rings (SSSR count). The van der Waals surface area contributed by atoms with Crippen molar-refractivity contribution in [3.8, 4) is 11.5 Å². The fourth-order valence-electron chi connectivity index (χ4n) is 7.46. The number of piperidine rings is 1. The number of likely N-dealkylation sites (N-methyl/N-ethyl adjacent to an activating group) is 2. The van der Waals surface area contributed by atoms with E-state index < -0.39 is 11.0 Å². The van der Waals surface area contributed by atoms with E-state index in [4.69, 9.17) is 4.74 Å². The zero-order valence-corrected chi connectivity index (χ0v) is 20.0. The van der Waals surface area contributed by atoms with Crippen LogP contribution in [0, 0.1) is 6.92 Å². The molecule has 1 amide bonds. The third-order valence-electron chi connectivity index (χ3n) is 8.99. The van der Waals surface area contributed by atoms with Crippen LogP contribution in [0.5, 0.6) is 11.5 Å². The van der Waals surface area contributed by atoms with Gasteiger partial charge in [-0.3, -0.25) is 4.79 Å². The predicted octanol–water partition coefficient (Wildman–Crippen LogP) is 3.02. The maximum atomic E-state index is 13.4. The number of amides is 1. The van der Waals surface area contributed by atoms with Crippen LogP contribution in [0.3, 0.4) is 0 Å². The number of likely N-dealkylation sites (tertiary alicyclic amines) is 1. The molecule has 4 aliphatic rings. The molecular weight excluding hydrogens is 428 g/mol. The van der Waals surface area contributed by atoms with Crippen molar-refractivity contribution in [2.24, 2.45) is 0 Å². The third kappa shape index (κ3) is 2.67. The zero-order chi connectivity index (χ0) is 23.8. The van der Waals surface area contributed by atoms with Crippen LogP contribution < -0.4 is 4.74 Å². The Morgan fingerprint density at radius 3 is 2.88 bits per heavy atom. The monoisotopic (exact) mass is 460 g/mol. The molecule has 2 bridgehead atoms. The van der Waals surface area contributed by atoms with Crippen LogP contribution in [0.25, 0.3) is 6.08 Å². The van der Waals surface area contributed by atoms with Crippen LogP contribution in [0.15, 0.2) is 42.5 Å². The molecule has 2 aliphatic carbocycles. The number of nitrogens with zero attached hydrogens (tertiary/aromatic N) is 2. The lowest BCUT2D eigenvalue weighted by atomic mass is 9.47. The summed E-state index contributed by atoms with van der Waals surface area (Å²) in [5.41, 5.74) is 2.46. The van der Waals surface area contributed by atoms with Gasteiger partial charge in [0.05, 0.1) is 11.5 Å². The number of hydrogen-bond donors (Lipinski definition) is 2. The standard InChI is InChI=1S/C28H32N2O4/c1-17-5-4-6-18(15-17)7-12-24(32)30(3)21-10-11-23-27-13-14-29(2)22(28(21,27)33)16-19-8-9-20(31)26(34-23)25(19)27/h4-9,12,15,21-23,31,33H,10-11,13-14,16H2,1-3H3/t21-,22+,23-,27+,28+/m0/s1. The van der Waals surface area contributed by atoms with Crippen molar-refractivity contribution in [2.75, 3.05) is 20.6 Å². The Hall–Kier alpha value is -2.83. The van der Waals surface area contributed by atoms with Gasteiger partial charge >= 0.3 is 0 Å². The molecule has 0 radical (unpaired) electrons. The SMILES string of the molecule is Cc1cccc(C=CC(=O)N(C)[C@H]2CC[C@@H]3Oc4c(O)ccc5c4[C@@]34CCN(C)[C@H](C5)[C@]24O)c1. The van der Waals surface area contributed by atoms with E-state index in [1.165, 1.54) is 0 Å². The first-order chi connectivity index (χ1) is 16.3. The number of ether oxygens (including phenoxy) is 1. The maximum Gasteiger partial charge on any atom is 0.246 e. The number of phenols is 1. The summed E-state index contributed by atoms with van der Waals surface area (Å²) in [4.78, 5) is 17.3. The van der Waals surface area contributed by atoms with E-state index in [-0.39, 0.29) is 29.8 Å². The number of rotatable bonds is 3. The van der Waals surface area contributed by atoms with Gasteiger partial charge in [-0.05, 0) is 69.5 Å². The molecule has 2 aliphatic heterocycles. The molecule has 2 fully saturated rings. The highest BCUT2D eigenvalue weighted by Crippen LogP contribution is 2.65. The number of aromatic hydroxyl groups is 1. The van der Waals surface area contributed by atoms with E-state index in [1.807, 2.05) is 50.4 Å². The fourth-order valence-corrected chi connectivity index (χ4v) is 7.46. The average Bonchev–Trinajstić information content (AvgIpc) is 3.16. The van der Waals surface area contributed by atoms with Gasteiger partial charge in [-0.1, -0.05) is 35.9 Å². The van der Waals surface area contributed by atoms with E-state index in [2.05, 4.69) is 11.9 Å². The molecule has 6 heteroatoms. The number of phenolic OH excluding ortho intramolecular Hbond substituents is 1. The molecular formula is C28H32N2O4. The third-order valence-corrected chi connectivity index (χ3v) is 8.99. The maximum absolute atomic E-state index is 13.4. The minimum Gasteiger partial charge on any atom is -0.504 e. The first-order valence-electron chi connectivity index (χ1n) is 12.2. The van der Waals surface area contributed by atoms with Gasteiger partial charge < -0.3 is 24.7 Å². The smallest absolute Gasteiger partial charge is 0.246 e. The second kappa shape index (κ2) is 7.33. The number of aliphatic hydroxyl groups is 1. The van der Waals surface area contributed by atoms with Crippen molar-refractivity contribution in [2.45, 2.75) is 61.8 Å². The van der Waals surface area contributed by atoms with Crippen molar-refractivity contribution < 1.29 is 19.7 Å². The lowest BCUT2D eigenvalue weighted by Crippen LogP contribution is -2.81. The average molecular weight is 461 g/mol. The summed E-state index contributed by atoms with van der Waals surface area (Å²) in [6.45, 7) is 2.88. The van der Waals surface area contributed by atoms with E-state index >= 15 is 0 Å². The van der Waals surface area contributed by atoms with Crippen LogP contribution in [0.1, 0.15) is 41.5 Å². The molecule has 5 atom stereocenters. The summed E-state index contributed by atoms with van der Waals surface area (Å²) in [6, 6.07) is 11.3. The second-order valence-corrected chi connectivity index (χ2v) is 10.6. The van der Waals surface area contributed by atoms with Crippen LogP contribution >= 0.6 is 0 Å². The van der Waals surface area contributed by atoms with Gasteiger partial charge in [0, 0.05) is 24.7 Å². The van der Waals surface area contributed by atoms with Crippen molar-refractivity contribution in [3.63, 3.8) is 0 Å². The molecule has 6 nitrogen and oxygen atoms in total. The quantitative estimate of drug-likeness (QED) is 0.689. The van der Waals surface area contributed by atoms with Gasteiger partial charge in [0.1, 0.15) is 11.7 Å². The molecule has 2 aromatic carbocycles. The van der Waals surface area contributed by atoms with Crippen LogP contribution in [-0.2, 0) is 16.6 Å². The molecule has 178 valence electrons. The molecule has 34 heavy (non-hydrogen) atoms. The summed E-state index contributed by atoms with van der Waals surface area (Å²) >= 11 is 0. The Bertz CT molecular complexity index is 1210. The van der Waals surface area contributed by atoms with E-state index in [1.54, 1.807) is 17.0 Å². The fraction of sp³-hybridized carbons (Fsp3) is 0.464. The summed E-state index contributed by atoms with van der Waals surface area (Å²) in [5, 5.41) is 23.4. The summed E-state index contributed by atoms with van der Waals surface area (Å²) in [7, 11) is 3.88. The Balaban J connectivity index is 1.41. The van der Waals surface area contributed by atoms with E-state index in [0.29, 0.717) is 18.6 Å². The zero-order valence-electron chi connectivity index (χ0n) is 20.0. The van der Waals surface area contributed by atoms with Gasteiger partial charge in [-0.25, -0.2) is 0 Å². The Labute approximate surface area is 200 Å². The van der Waals surface area contributed by atoms with Crippen molar-refractivity contribution in [3.05, 3.63) is 64.7 Å². The molecule has 2 heterocycles. The van der Waals surface area contributed by atoms with Crippen LogP contribution in [0.4, 0.5) is 0 Å². The first-order valence-corrected chi connectivity index (χ1v) is 12.2. The second-order valence-electron chi connectivity index (χ2n) is 10.6. The molecule has 1 saturated heterocycles.